The summed E-state index contributed by atoms with van der Waals surface area (Å²) in [5.41, 5.74) is 1.27. The summed E-state index contributed by atoms with van der Waals surface area (Å²) < 4.78 is 1.89. The maximum absolute atomic E-state index is 12.1. The van der Waals surface area contributed by atoms with Crippen molar-refractivity contribution < 1.29 is 4.79 Å². The zero-order chi connectivity index (χ0) is 12.6. The van der Waals surface area contributed by atoms with Gasteiger partial charge in [0.2, 0.25) is 0 Å². The van der Waals surface area contributed by atoms with Crippen LogP contribution in [0, 0.1) is 16.7 Å². The summed E-state index contributed by atoms with van der Waals surface area (Å²) in [6, 6.07) is 7.34. The molecule has 2 rings (SSSR count). The number of benzene rings is 1. The molecule has 0 N–H and O–H groups in total. The lowest BCUT2D eigenvalue weighted by molar-refractivity contribution is 0.0892. The Balaban J connectivity index is 2.51. The molecule has 0 fully saturated rings. The zero-order valence-electron chi connectivity index (χ0n) is 10.1. The van der Waals surface area contributed by atoms with Crippen molar-refractivity contribution in [2.24, 2.45) is 12.5 Å². The summed E-state index contributed by atoms with van der Waals surface area (Å²) in [4.78, 5) is 16.3. The monoisotopic (exact) mass is 227 g/mol. The molecule has 0 bridgehead atoms. The zero-order valence-corrected chi connectivity index (χ0v) is 10.1. The Morgan fingerprint density at radius 2 is 2.18 bits per heavy atom. The van der Waals surface area contributed by atoms with E-state index in [1.165, 1.54) is 0 Å². The van der Waals surface area contributed by atoms with Crippen molar-refractivity contribution in [3.05, 3.63) is 30.1 Å². The van der Waals surface area contributed by atoms with Gasteiger partial charge in [-0.15, -0.1) is 0 Å². The SMILES string of the molecule is Cn1cnc2cc(C(=O)C(C)(C)C#N)ccc21. The van der Waals surface area contributed by atoms with Crippen LogP contribution in [0.3, 0.4) is 0 Å². The highest BCUT2D eigenvalue weighted by Crippen LogP contribution is 2.23. The molecule has 1 heterocycles. The van der Waals surface area contributed by atoms with Crippen LogP contribution in [0.4, 0.5) is 0 Å². The number of nitriles is 1. The summed E-state index contributed by atoms with van der Waals surface area (Å²) in [6.07, 6.45) is 1.70. The highest BCUT2D eigenvalue weighted by molar-refractivity contribution is 6.03. The van der Waals surface area contributed by atoms with Crippen molar-refractivity contribution in [3.8, 4) is 6.07 Å². The van der Waals surface area contributed by atoms with Crippen LogP contribution in [0.2, 0.25) is 0 Å². The van der Waals surface area contributed by atoms with Crippen LogP contribution in [0.1, 0.15) is 24.2 Å². The van der Waals surface area contributed by atoms with Gasteiger partial charge >= 0.3 is 0 Å². The molecule has 0 saturated heterocycles. The van der Waals surface area contributed by atoms with Crippen LogP contribution < -0.4 is 0 Å². The average Bonchev–Trinajstić information content (AvgIpc) is 2.69. The molecule has 1 aromatic heterocycles. The van der Waals surface area contributed by atoms with E-state index in [-0.39, 0.29) is 5.78 Å². The molecule has 17 heavy (non-hydrogen) atoms. The van der Waals surface area contributed by atoms with Gasteiger partial charge in [0, 0.05) is 12.6 Å². The van der Waals surface area contributed by atoms with E-state index in [2.05, 4.69) is 4.98 Å². The van der Waals surface area contributed by atoms with Gasteiger partial charge in [0.05, 0.1) is 23.4 Å². The third-order valence-electron chi connectivity index (χ3n) is 2.83. The highest BCUT2D eigenvalue weighted by Gasteiger charge is 2.28. The first kappa shape index (κ1) is 11.3. The molecule has 0 saturated carbocycles. The van der Waals surface area contributed by atoms with E-state index in [1.54, 1.807) is 32.3 Å². The van der Waals surface area contributed by atoms with Crippen molar-refractivity contribution in [1.82, 2.24) is 9.55 Å². The molecule has 0 aliphatic rings. The number of imidazole rings is 1. The van der Waals surface area contributed by atoms with Crippen LogP contribution in [0.25, 0.3) is 11.0 Å². The second-order valence-electron chi connectivity index (χ2n) is 4.62. The first-order chi connectivity index (χ1) is 7.95. The largest absolute Gasteiger partial charge is 0.334 e. The normalized spacial score (nSPS) is 11.4. The fraction of sp³-hybridized carbons (Fsp3) is 0.308. The van der Waals surface area contributed by atoms with Crippen molar-refractivity contribution in [2.45, 2.75) is 13.8 Å². The first-order valence-electron chi connectivity index (χ1n) is 5.33. The van der Waals surface area contributed by atoms with Crippen molar-refractivity contribution in [3.63, 3.8) is 0 Å². The molecule has 0 unspecified atom stereocenters. The molecule has 0 radical (unpaired) electrons. The molecular weight excluding hydrogens is 214 g/mol. The lowest BCUT2D eigenvalue weighted by Crippen LogP contribution is -2.22. The van der Waals surface area contributed by atoms with Gasteiger partial charge in [-0.05, 0) is 32.0 Å². The lowest BCUT2D eigenvalue weighted by Gasteiger charge is -2.13. The Morgan fingerprint density at radius 3 is 2.82 bits per heavy atom. The quantitative estimate of drug-likeness (QED) is 0.740. The first-order valence-corrected chi connectivity index (χ1v) is 5.33. The van der Waals surface area contributed by atoms with Crippen LogP contribution in [-0.2, 0) is 7.05 Å². The van der Waals surface area contributed by atoms with Gasteiger partial charge < -0.3 is 4.57 Å². The average molecular weight is 227 g/mol. The summed E-state index contributed by atoms with van der Waals surface area (Å²) in [7, 11) is 1.90. The van der Waals surface area contributed by atoms with Crippen molar-refractivity contribution in [2.75, 3.05) is 0 Å². The van der Waals surface area contributed by atoms with E-state index < -0.39 is 5.41 Å². The minimum absolute atomic E-state index is 0.174. The van der Waals surface area contributed by atoms with Crippen LogP contribution in [0.5, 0.6) is 0 Å². The molecule has 1 aromatic carbocycles. The van der Waals surface area contributed by atoms with E-state index in [1.807, 2.05) is 23.8 Å². The molecular formula is C13H13N3O. The van der Waals surface area contributed by atoms with Crippen LogP contribution >= 0.6 is 0 Å². The minimum Gasteiger partial charge on any atom is -0.334 e. The van der Waals surface area contributed by atoms with E-state index in [0.29, 0.717) is 5.56 Å². The molecule has 0 aliphatic carbocycles. The van der Waals surface area contributed by atoms with Gasteiger partial charge in [0.1, 0.15) is 5.41 Å². The molecule has 0 amide bonds. The van der Waals surface area contributed by atoms with Gasteiger partial charge in [-0.25, -0.2) is 4.98 Å². The maximum Gasteiger partial charge on any atom is 0.182 e. The Morgan fingerprint density at radius 1 is 1.47 bits per heavy atom. The van der Waals surface area contributed by atoms with E-state index in [9.17, 15) is 4.79 Å². The highest BCUT2D eigenvalue weighted by atomic mass is 16.1. The summed E-state index contributed by atoms with van der Waals surface area (Å²) >= 11 is 0. The minimum atomic E-state index is -0.998. The van der Waals surface area contributed by atoms with E-state index in [4.69, 9.17) is 5.26 Å². The number of rotatable bonds is 2. The Hall–Kier alpha value is -2.15. The van der Waals surface area contributed by atoms with E-state index in [0.717, 1.165) is 11.0 Å². The molecule has 0 atom stereocenters. The number of fused-ring (bicyclic) bond motifs is 1. The fourth-order valence-corrected chi connectivity index (χ4v) is 1.69. The Labute approximate surface area is 99.5 Å². The number of nitrogens with zero attached hydrogens (tertiary/aromatic N) is 3. The van der Waals surface area contributed by atoms with Gasteiger partial charge in [-0.2, -0.15) is 5.26 Å². The number of hydrogen-bond donors (Lipinski definition) is 0. The predicted molar refractivity (Wildman–Crippen MR) is 64.4 cm³/mol. The third kappa shape index (κ3) is 1.80. The molecule has 0 spiro atoms. The second kappa shape index (κ2) is 3.70. The number of carbonyl (C=O) groups is 1. The van der Waals surface area contributed by atoms with Gasteiger partial charge in [-0.1, -0.05) is 0 Å². The molecule has 0 aliphatic heterocycles. The predicted octanol–water partition coefficient (Wildman–Crippen LogP) is 2.31. The van der Waals surface area contributed by atoms with Gasteiger partial charge in [0.25, 0.3) is 0 Å². The lowest BCUT2D eigenvalue weighted by atomic mass is 9.86. The van der Waals surface area contributed by atoms with Crippen LogP contribution in [0.15, 0.2) is 24.5 Å². The number of carbonyl (C=O) groups excluding carboxylic acids is 1. The Kier molecular flexibility index (Phi) is 2.47. The summed E-state index contributed by atoms with van der Waals surface area (Å²) in [6.45, 7) is 3.25. The summed E-state index contributed by atoms with van der Waals surface area (Å²) in [5.74, 6) is -0.174. The topological polar surface area (TPSA) is 58.7 Å². The number of aryl methyl sites for hydroxylation is 1. The molecule has 86 valence electrons. The third-order valence-corrected chi connectivity index (χ3v) is 2.83. The van der Waals surface area contributed by atoms with Crippen molar-refractivity contribution >= 4 is 16.8 Å². The van der Waals surface area contributed by atoms with Crippen molar-refractivity contribution in [1.29, 1.82) is 5.26 Å². The number of ketones is 1. The van der Waals surface area contributed by atoms with Gasteiger partial charge in [-0.3, -0.25) is 4.79 Å². The van der Waals surface area contributed by atoms with Gasteiger partial charge in [0.15, 0.2) is 5.78 Å². The van der Waals surface area contributed by atoms with Crippen LogP contribution in [-0.4, -0.2) is 15.3 Å². The molecule has 4 nitrogen and oxygen atoms in total. The summed E-state index contributed by atoms with van der Waals surface area (Å²) in [5, 5.41) is 8.95. The number of Topliss-reactive ketones (excluding diaryl/α,β-unsaturated/α-hetero) is 1. The second-order valence-corrected chi connectivity index (χ2v) is 4.62. The molecule has 4 heteroatoms. The number of hydrogen-bond acceptors (Lipinski definition) is 3. The number of aromatic nitrogens is 2. The van der Waals surface area contributed by atoms with E-state index >= 15 is 0 Å². The maximum atomic E-state index is 12.1. The standard InChI is InChI=1S/C13H13N3O/c1-13(2,7-14)12(17)9-4-5-11-10(6-9)15-8-16(11)3/h4-6,8H,1-3H3. The smallest absolute Gasteiger partial charge is 0.182 e. The Bertz CT molecular complexity index is 632. The fourth-order valence-electron chi connectivity index (χ4n) is 1.69. The molecule has 2 aromatic rings.